The van der Waals surface area contributed by atoms with E-state index in [1.807, 2.05) is 32.9 Å². The molecule has 2 amide bonds. The predicted molar refractivity (Wildman–Crippen MR) is 116 cm³/mol. The molecule has 0 aromatic heterocycles. The molecule has 2 fully saturated rings. The van der Waals surface area contributed by atoms with Crippen LogP contribution in [0.2, 0.25) is 0 Å². The van der Waals surface area contributed by atoms with Gasteiger partial charge in [0.1, 0.15) is 11.4 Å². The lowest BCUT2D eigenvalue weighted by molar-refractivity contribution is -0.132. The van der Waals surface area contributed by atoms with Crippen molar-refractivity contribution >= 4 is 29.3 Å². The Balaban J connectivity index is 1.57. The van der Waals surface area contributed by atoms with Gasteiger partial charge in [-0.3, -0.25) is 14.4 Å². The zero-order chi connectivity index (χ0) is 22.8. The van der Waals surface area contributed by atoms with Gasteiger partial charge in [-0.1, -0.05) is 0 Å². The predicted octanol–water partition coefficient (Wildman–Crippen LogP) is 2.51. The van der Waals surface area contributed by atoms with Crippen molar-refractivity contribution in [3.8, 4) is 0 Å². The second kappa shape index (κ2) is 9.08. The van der Waals surface area contributed by atoms with E-state index in [9.17, 15) is 19.2 Å². The standard InChI is InChI=1S/C23H31N3O5/c1-23(2,3)31-22(30)26-13-11-25(12-14-26)17-7-5-16(6-8-17)21(29)24(4)19-10-9-18(27)15-20(19)28/h5-8,19H,9-15H2,1-4H3. The molecule has 0 spiro atoms. The number of likely N-dealkylation sites (N-methyl/N-ethyl adjacent to an activating group) is 1. The van der Waals surface area contributed by atoms with Gasteiger partial charge in [0.2, 0.25) is 0 Å². The van der Waals surface area contributed by atoms with E-state index in [1.165, 1.54) is 4.90 Å². The number of anilines is 1. The van der Waals surface area contributed by atoms with E-state index >= 15 is 0 Å². The summed E-state index contributed by atoms with van der Waals surface area (Å²) >= 11 is 0. The van der Waals surface area contributed by atoms with Crippen LogP contribution in [0.25, 0.3) is 0 Å². The molecular weight excluding hydrogens is 398 g/mol. The molecule has 168 valence electrons. The monoisotopic (exact) mass is 429 g/mol. The lowest BCUT2D eigenvalue weighted by atomic mass is 9.92. The van der Waals surface area contributed by atoms with Crippen LogP contribution >= 0.6 is 0 Å². The van der Waals surface area contributed by atoms with Crippen molar-refractivity contribution in [1.29, 1.82) is 0 Å². The molecule has 8 heteroatoms. The molecule has 3 rings (SSSR count). The highest BCUT2D eigenvalue weighted by Crippen LogP contribution is 2.22. The van der Waals surface area contributed by atoms with Gasteiger partial charge in [0.25, 0.3) is 5.91 Å². The average molecular weight is 430 g/mol. The molecule has 1 unspecified atom stereocenters. The van der Waals surface area contributed by atoms with Crippen molar-refractivity contribution < 1.29 is 23.9 Å². The number of piperazine rings is 1. The number of ether oxygens (including phenoxy) is 1. The van der Waals surface area contributed by atoms with Crippen molar-refractivity contribution in [2.45, 2.75) is 51.7 Å². The minimum Gasteiger partial charge on any atom is -0.444 e. The van der Waals surface area contributed by atoms with Crippen LogP contribution in [0.5, 0.6) is 0 Å². The third kappa shape index (κ3) is 5.62. The van der Waals surface area contributed by atoms with Crippen molar-refractivity contribution in [1.82, 2.24) is 9.80 Å². The summed E-state index contributed by atoms with van der Waals surface area (Å²) in [4.78, 5) is 53.9. The highest BCUT2D eigenvalue weighted by atomic mass is 16.6. The number of Topliss-reactive ketones (excluding diaryl/α,β-unsaturated/α-hetero) is 2. The first-order valence-corrected chi connectivity index (χ1v) is 10.7. The first kappa shape index (κ1) is 22.8. The first-order chi connectivity index (χ1) is 14.5. The summed E-state index contributed by atoms with van der Waals surface area (Å²) in [5.74, 6) is -0.473. The van der Waals surface area contributed by atoms with Crippen LogP contribution in [0.3, 0.4) is 0 Å². The smallest absolute Gasteiger partial charge is 0.410 e. The molecule has 1 aromatic rings. The Labute approximate surface area is 183 Å². The van der Waals surface area contributed by atoms with Gasteiger partial charge in [0.05, 0.1) is 12.5 Å². The third-order valence-corrected chi connectivity index (χ3v) is 5.64. The van der Waals surface area contributed by atoms with Gasteiger partial charge in [-0.25, -0.2) is 4.79 Å². The zero-order valence-electron chi connectivity index (χ0n) is 18.7. The van der Waals surface area contributed by atoms with Crippen molar-refractivity contribution in [3.05, 3.63) is 29.8 Å². The molecule has 1 aliphatic heterocycles. The molecule has 1 saturated carbocycles. The van der Waals surface area contributed by atoms with Crippen molar-refractivity contribution in [3.63, 3.8) is 0 Å². The number of nitrogens with zero attached hydrogens (tertiary/aromatic N) is 3. The molecule has 0 radical (unpaired) electrons. The van der Waals surface area contributed by atoms with Crippen LogP contribution in [0.15, 0.2) is 24.3 Å². The lowest BCUT2D eigenvalue weighted by Crippen LogP contribution is -2.50. The fraction of sp³-hybridized carbons (Fsp3) is 0.565. The number of hydrogen-bond donors (Lipinski definition) is 0. The van der Waals surface area contributed by atoms with Crippen molar-refractivity contribution in [2.75, 3.05) is 38.1 Å². The van der Waals surface area contributed by atoms with Gasteiger partial charge in [-0.15, -0.1) is 0 Å². The maximum Gasteiger partial charge on any atom is 0.410 e. The highest BCUT2D eigenvalue weighted by molar-refractivity contribution is 6.06. The number of carbonyl (C=O) groups excluding carboxylic acids is 4. The molecule has 1 aliphatic carbocycles. The van der Waals surface area contributed by atoms with Crippen LogP contribution < -0.4 is 4.90 Å². The summed E-state index contributed by atoms with van der Waals surface area (Å²) in [6.07, 6.45) is 0.341. The summed E-state index contributed by atoms with van der Waals surface area (Å²) in [7, 11) is 1.62. The summed E-state index contributed by atoms with van der Waals surface area (Å²) in [6, 6.07) is 6.75. The Morgan fingerprint density at radius 3 is 2.19 bits per heavy atom. The SMILES string of the molecule is CN(C(=O)c1ccc(N2CCN(C(=O)OC(C)(C)C)CC2)cc1)C1CCC(=O)CC1=O. The Morgan fingerprint density at radius 1 is 1.03 bits per heavy atom. The Kier molecular flexibility index (Phi) is 6.67. The van der Waals surface area contributed by atoms with E-state index in [0.717, 1.165) is 5.69 Å². The van der Waals surface area contributed by atoms with E-state index in [0.29, 0.717) is 44.6 Å². The fourth-order valence-electron chi connectivity index (χ4n) is 3.90. The van der Waals surface area contributed by atoms with Gasteiger partial charge in [-0.05, 0) is 51.5 Å². The van der Waals surface area contributed by atoms with Crippen LogP contribution in [0.4, 0.5) is 10.5 Å². The minimum atomic E-state index is -0.536. The zero-order valence-corrected chi connectivity index (χ0v) is 18.7. The van der Waals surface area contributed by atoms with Crippen LogP contribution in [0, 0.1) is 0 Å². The fourth-order valence-corrected chi connectivity index (χ4v) is 3.90. The second-order valence-electron chi connectivity index (χ2n) is 9.15. The Hall–Kier alpha value is -2.90. The van der Waals surface area contributed by atoms with Crippen LogP contribution in [-0.4, -0.2) is 78.2 Å². The molecule has 31 heavy (non-hydrogen) atoms. The number of hydrogen-bond acceptors (Lipinski definition) is 6. The van der Waals surface area contributed by atoms with Crippen molar-refractivity contribution in [2.24, 2.45) is 0 Å². The highest BCUT2D eigenvalue weighted by Gasteiger charge is 2.33. The van der Waals surface area contributed by atoms with Gasteiger partial charge in [0, 0.05) is 50.9 Å². The molecule has 0 N–H and O–H groups in total. The number of rotatable bonds is 3. The third-order valence-electron chi connectivity index (χ3n) is 5.64. The molecule has 8 nitrogen and oxygen atoms in total. The normalized spacial score (nSPS) is 19.9. The number of carbonyl (C=O) groups is 4. The van der Waals surface area contributed by atoms with Gasteiger partial charge >= 0.3 is 6.09 Å². The van der Waals surface area contributed by atoms with E-state index in [-0.39, 0.29) is 30.0 Å². The van der Waals surface area contributed by atoms with Gasteiger partial charge in [0.15, 0.2) is 5.78 Å². The number of ketones is 2. The lowest BCUT2D eigenvalue weighted by Gasteiger charge is -2.36. The van der Waals surface area contributed by atoms with E-state index in [4.69, 9.17) is 4.74 Å². The molecule has 1 heterocycles. The van der Waals surface area contributed by atoms with Crippen LogP contribution in [-0.2, 0) is 14.3 Å². The summed E-state index contributed by atoms with van der Waals surface area (Å²) in [5, 5.41) is 0. The Bertz CT molecular complexity index is 851. The molecule has 2 aliphatic rings. The maximum absolute atomic E-state index is 12.8. The molecule has 1 atom stereocenters. The minimum absolute atomic E-state index is 0.0572. The number of benzene rings is 1. The van der Waals surface area contributed by atoms with E-state index in [2.05, 4.69) is 4.90 Å². The number of amides is 2. The molecule has 1 saturated heterocycles. The molecule has 0 bridgehead atoms. The average Bonchev–Trinajstić information content (AvgIpc) is 2.72. The summed E-state index contributed by atoms with van der Waals surface area (Å²) < 4.78 is 5.43. The van der Waals surface area contributed by atoms with Gasteiger partial charge < -0.3 is 19.4 Å². The Morgan fingerprint density at radius 2 is 1.65 bits per heavy atom. The van der Waals surface area contributed by atoms with Gasteiger partial charge in [-0.2, -0.15) is 0 Å². The topological polar surface area (TPSA) is 87.2 Å². The quantitative estimate of drug-likeness (QED) is 0.686. The molecule has 1 aromatic carbocycles. The summed E-state index contributed by atoms with van der Waals surface area (Å²) in [6.45, 7) is 8.05. The van der Waals surface area contributed by atoms with E-state index < -0.39 is 11.6 Å². The van der Waals surface area contributed by atoms with E-state index in [1.54, 1.807) is 24.1 Å². The molecular formula is C23H31N3O5. The summed E-state index contributed by atoms with van der Waals surface area (Å²) in [5.41, 5.74) is 0.965. The second-order valence-corrected chi connectivity index (χ2v) is 9.15. The largest absolute Gasteiger partial charge is 0.444 e. The maximum atomic E-state index is 12.8. The first-order valence-electron chi connectivity index (χ1n) is 10.7. The van der Waals surface area contributed by atoms with Crippen LogP contribution in [0.1, 0.15) is 50.4 Å².